The Morgan fingerprint density at radius 2 is 1.89 bits per heavy atom. The SMILES string of the molecule is Cc1ccc(NC(=O)c2cc(Br)ccc2C)c(O)c1. The van der Waals surface area contributed by atoms with Gasteiger partial charge in [-0.3, -0.25) is 4.79 Å². The third-order valence-electron chi connectivity index (χ3n) is 2.85. The molecule has 0 aliphatic heterocycles. The molecule has 0 atom stereocenters. The number of aromatic hydroxyl groups is 1. The lowest BCUT2D eigenvalue weighted by molar-refractivity contribution is 0.102. The number of phenolic OH excluding ortho intramolecular Hbond substituents is 1. The molecule has 2 rings (SSSR count). The zero-order valence-electron chi connectivity index (χ0n) is 10.7. The monoisotopic (exact) mass is 319 g/mol. The lowest BCUT2D eigenvalue weighted by Crippen LogP contribution is -2.13. The smallest absolute Gasteiger partial charge is 0.256 e. The Kier molecular flexibility index (Phi) is 3.90. The van der Waals surface area contributed by atoms with Gasteiger partial charge >= 0.3 is 0 Å². The Balaban J connectivity index is 2.28. The molecule has 0 fully saturated rings. The second-order valence-electron chi connectivity index (χ2n) is 4.43. The lowest BCUT2D eigenvalue weighted by Gasteiger charge is -2.10. The van der Waals surface area contributed by atoms with E-state index in [1.807, 2.05) is 32.0 Å². The minimum atomic E-state index is -0.238. The van der Waals surface area contributed by atoms with E-state index in [4.69, 9.17) is 0 Å². The first kappa shape index (κ1) is 13.6. The predicted molar refractivity (Wildman–Crippen MR) is 79.7 cm³/mol. The van der Waals surface area contributed by atoms with Crippen molar-refractivity contribution in [2.75, 3.05) is 5.32 Å². The second kappa shape index (κ2) is 5.45. The summed E-state index contributed by atoms with van der Waals surface area (Å²) in [6.45, 7) is 3.75. The van der Waals surface area contributed by atoms with E-state index in [1.165, 1.54) is 0 Å². The van der Waals surface area contributed by atoms with E-state index in [0.717, 1.165) is 15.6 Å². The van der Waals surface area contributed by atoms with Gasteiger partial charge in [0.15, 0.2) is 0 Å². The number of benzene rings is 2. The zero-order valence-corrected chi connectivity index (χ0v) is 12.3. The molecule has 0 saturated heterocycles. The molecule has 0 spiro atoms. The number of anilines is 1. The van der Waals surface area contributed by atoms with Crippen LogP contribution >= 0.6 is 15.9 Å². The molecule has 19 heavy (non-hydrogen) atoms. The van der Waals surface area contributed by atoms with Gasteiger partial charge in [0, 0.05) is 10.0 Å². The van der Waals surface area contributed by atoms with Crippen LogP contribution in [0, 0.1) is 13.8 Å². The molecular formula is C15H14BrNO2. The summed E-state index contributed by atoms with van der Waals surface area (Å²) in [5.74, 6) is -0.168. The molecule has 2 aromatic rings. The van der Waals surface area contributed by atoms with E-state index >= 15 is 0 Å². The van der Waals surface area contributed by atoms with Crippen molar-refractivity contribution in [3.8, 4) is 5.75 Å². The third-order valence-corrected chi connectivity index (χ3v) is 3.34. The third kappa shape index (κ3) is 3.15. The largest absolute Gasteiger partial charge is 0.506 e. The fourth-order valence-corrected chi connectivity index (χ4v) is 2.14. The first-order valence-electron chi connectivity index (χ1n) is 5.84. The van der Waals surface area contributed by atoms with Gasteiger partial charge < -0.3 is 10.4 Å². The molecule has 1 amide bonds. The van der Waals surface area contributed by atoms with Gasteiger partial charge in [-0.05, 0) is 49.2 Å². The molecule has 2 aromatic carbocycles. The number of hydrogen-bond acceptors (Lipinski definition) is 2. The Morgan fingerprint density at radius 3 is 2.58 bits per heavy atom. The van der Waals surface area contributed by atoms with E-state index in [9.17, 15) is 9.90 Å². The number of hydrogen-bond donors (Lipinski definition) is 2. The topological polar surface area (TPSA) is 49.3 Å². The van der Waals surface area contributed by atoms with E-state index < -0.39 is 0 Å². The molecule has 0 unspecified atom stereocenters. The van der Waals surface area contributed by atoms with Crippen molar-refractivity contribution < 1.29 is 9.90 Å². The number of carbonyl (C=O) groups excluding carboxylic acids is 1. The van der Waals surface area contributed by atoms with E-state index in [2.05, 4.69) is 21.2 Å². The highest BCUT2D eigenvalue weighted by atomic mass is 79.9. The summed E-state index contributed by atoms with van der Waals surface area (Å²) in [4.78, 5) is 12.2. The normalized spacial score (nSPS) is 10.3. The van der Waals surface area contributed by atoms with Gasteiger partial charge in [0.2, 0.25) is 0 Å². The number of nitrogens with one attached hydrogen (secondary N) is 1. The van der Waals surface area contributed by atoms with E-state index in [-0.39, 0.29) is 11.7 Å². The van der Waals surface area contributed by atoms with Crippen molar-refractivity contribution in [3.63, 3.8) is 0 Å². The maximum absolute atomic E-state index is 12.2. The van der Waals surface area contributed by atoms with Gasteiger partial charge in [-0.25, -0.2) is 0 Å². The maximum atomic E-state index is 12.2. The van der Waals surface area contributed by atoms with Crippen molar-refractivity contribution in [1.82, 2.24) is 0 Å². The highest BCUT2D eigenvalue weighted by Crippen LogP contribution is 2.25. The maximum Gasteiger partial charge on any atom is 0.256 e. The molecule has 98 valence electrons. The first-order valence-corrected chi connectivity index (χ1v) is 6.64. The highest BCUT2D eigenvalue weighted by Gasteiger charge is 2.11. The summed E-state index contributed by atoms with van der Waals surface area (Å²) in [6, 6.07) is 10.7. The van der Waals surface area contributed by atoms with Crippen LogP contribution in [-0.4, -0.2) is 11.0 Å². The van der Waals surface area contributed by atoms with Crippen LogP contribution in [0.15, 0.2) is 40.9 Å². The molecule has 3 nitrogen and oxygen atoms in total. The number of carbonyl (C=O) groups is 1. The van der Waals surface area contributed by atoms with Crippen LogP contribution in [-0.2, 0) is 0 Å². The molecule has 0 aromatic heterocycles. The average molecular weight is 320 g/mol. The number of halogens is 1. The number of amides is 1. The molecule has 0 aliphatic rings. The predicted octanol–water partition coefficient (Wildman–Crippen LogP) is 4.02. The van der Waals surface area contributed by atoms with E-state index in [0.29, 0.717) is 11.3 Å². The van der Waals surface area contributed by atoms with Crippen molar-refractivity contribution in [2.45, 2.75) is 13.8 Å². The zero-order chi connectivity index (χ0) is 14.0. The summed E-state index contributed by atoms with van der Waals surface area (Å²) in [7, 11) is 0. The fourth-order valence-electron chi connectivity index (χ4n) is 1.78. The average Bonchev–Trinajstić information content (AvgIpc) is 2.35. The van der Waals surface area contributed by atoms with Crippen LogP contribution in [0.25, 0.3) is 0 Å². The number of aryl methyl sites for hydroxylation is 2. The first-order chi connectivity index (χ1) is 8.97. The van der Waals surface area contributed by atoms with Crippen molar-refractivity contribution >= 4 is 27.5 Å². The van der Waals surface area contributed by atoms with Gasteiger partial charge in [-0.1, -0.05) is 28.1 Å². The Hall–Kier alpha value is -1.81. The molecular weight excluding hydrogens is 306 g/mol. The van der Waals surface area contributed by atoms with Crippen LogP contribution in [0.4, 0.5) is 5.69 Å². The summed E-state index contributed by atoms with van der Waals surface area (Å²) in [6.07, 6.45) is 0. The second-order valence-corrected chi connectivity index (χ2v) is 5.35. The molecule has 4 heteroatoms. The summed E-state index contributed by atoms with van der Waals surface area (Å²) in [5.41, 5.74) is 2.81. The molecule has 0 radical (unpaired) electrons. The minimum absolute atomic E-state index is 0.0704. The highest BCUT2D eigenvalue weighted by molar-refractivity contribution is 9.10. The number of phenols is 1. The van der Waals surface area contributed by atoms with Crippen molar-refractivity contribution in [1.29, 1.82) is 0 Å². The summed E-state index contributed by atoms with van der Waals surface area (Å²) < 4.78 is 0.844. The van der Waals surface area contributed by atoms with Crippen LogP contribution in [0.3, 0.4) is 0 Å². The van der Waals surface area contributed by atoms with Gasteiger partial charge in [0.05, 0.1) is 5.69 Å². The lowest BCUT2D eigenvalue weighted by atomic mass is 10.1. The van der Waals surface area contributed by atoms with Gasteiger partial charge in [-0.15, -0.1) is 0 Å². The Morgan fingerprint density at radius 1 is 1.16 bits per heavy atom. The summed E-state index contributed by atoms with van der Waals surface area (Å²) in [5, 5.41) is 12.5. The molecule has 0 aliphatic carbocycles. The van der Waals surface area contributed by atoms with Crippen LogP contribution in [0.1, 0.15) is 21.5 Å². The van der Waals surface area contributed by atoms with Crippen molar-refractivity contribution in [2.24, 2.45) is 0 Å². The van der Waals surface area contributed by atoms with Crippen LogP contribution in [0.2, 0.25) is 0 Å². The Labute approximate surface area is 120 Å². The van der Waals surface area contributed by atoms with Crippen molar-refractivity contribution in [3.05, 3.63) is 57.6 Å². The van der Waals surface area contributed by atoms with Gasteiger partial charge in [0.25, 0.3) is 5.91 Å². The van der Waals surface area contributed by atoms with Crippen LogP contribution < -0.4 is 5.32 Å². The fraction of sp³-hybridized carbons (Fsp3) is 0.133. The molecule has 0 heterocycles. The summed E-state index contributed by atoms with van der Waals surface area (Å²) >= 11 is 3.34. The molecule has 0 bridgehead atoms. The standard InChI is InChI=1S/C15H14BrNO2/c1-9-3-6-13(14(18)7-9)17-15(19)12-8-11(16)5-4-10(12)2/h3-8,18H,1-2H3,(H,17,19). The van der Waals surface area contributed by atoms with Gasteiger partial charge in [-0.2, -0.15) is 0 Å². The van der Waals surface area contributed by atoms with Crippen LogP contribution in [0.5, 0.6) is 5.75 Å². The van der Waals surface area contributed by atoms with E-state index in [1.54, 1.807) is 18.2 Å². The quantitative estimate of drug-likeness (QED) is 0.821. The van der Waals surface area contributed by atoms with Gasteiger partial charge in [0.1, 0.15) is 5.75 Å². The molecule has 0 saturated carbocycles. The molecule has 2 N–H and O–H groups in total. The minimum Gasteiger partial charge on any atom is -0.506 e. The Bertz CT molecular complexity index is 638. The number of rotatable bonds is 2.